The molecular formula is C26H19NO2. The van der Waals surface area contributed by atoms with Gasteiger partial charge in [-0.05, 0) is 35.4 Å². The molecule has 3 nitrogen and oxygen atoms in total. The summed E-state index contributed by atoms with van der Waals surface area (Å²) in [5.41, 5.74) is 4.46. The summed E-state index contributed by atoms with van der Waals surface area (Å²) in [6.45, 7) is 0. The van der Waals surface area contributed by atoms with E-state index in [0.29, 0.717) is 22.4 Å². The fraction of sp³-hybridized carbons (Fsp3) is 0. The Morgan fingerprint density at radius 3 is 1.79 bits per heavy atom. The second-order valence-electron chi connectivity index (χ2n) is 6.67. The van der Waals surface area contributed by atoms with E-state index in [2.05, 4.69) is 5.32 Å². The molecule has 0 bridgehead atoms. The maximum absolute atomic E-state index is 12.6. The van der Waals surface area contributed by atoms with Gasteiger partial charge in [0.15, 0.2) is 5.78 Å². The predicted molar refractivity (Wildman–Crippen MR) is 116 cm³/mol. The second-order valence-corrected chi connectivity index (χ2v) is 6.67. The van der Waals surface area contributed by atoms with Gasteiger partial charge in [-0.15, -0.1) is 0 Å². The lowest BCUT2D eigenvalue weighted by molar-refractivity contribution is 0.102. The normalized spacial score (nSPS) is 10.3. The maximum Gasteiger partial charge on any atom is 0.255 e. The van der Waals surface area contributed by atoms with Gasteiger partial charge in [0.2, 0.25) is 0 Å². The molecule has 0 fully saturated rings. The highest BCUT2D eigenvalue weighted by Crippen LogP contribution is 2.20. The van der Waals surface area contributed by atoms with Gasteiger partial charge in [-0.3, -0.25) is 9.59 Å². The molecular weight excluding hydrogens is 358 g/mol. The number of nitrogens with one attached hydrogen (secondary N) is 1. The van der Waals surface area contributed by atoms with Crippen LogP contribution in [0.25, 0.3) is 11.1 Å². The molecule has 3 heteroatoms. The summed E-state index contributed by atoms with van der Waals surface area (Å²) in [5, 5.41) is 2.87. The first-order chi connectivity index (χ1) is 14.2. The van der Waals surface area contributed by atoms with Gasteiger partial charge < -0.3 is 5.32 Å². The minimum atomic E-state index is -0.214. The Morgan fingerprint density at radius 2 is 1.10 bits per heavy atom. The van der Waals surface area contributed by atoms with Gasteiger partial charge >= 0.3 is 0 Å². The zero-order valence-electron chi connectivity index (χ0n) is 15.7. The monoisotopic (exact) mass is 377 g/mol. The van der Waals surface area contributed by atoms with Crippen molar-refractivity contribution < 1.29 is 9.59 Å². The number of hydrogen-bond acceptors (Lipinski definition) is 2. The summed E-state index contributed by atoms with van der Waals surface area (Å²) >= 11 is 0. The topological polar surface area (TPSA) is 46.2 Å². The van der Waals surface area contributed by atoms with Gasteiger partial charge in [-0.2, -0.15) is 0 Å². The van der Waals surface area contributed by atoms with E-state index in [1.54, 1.807) is 48.5 Å². The van der Waals surface area contributed by atoms with Gasteiger partial charge in [0.05, 0.1) is 0 Å². The number of carbonyl (C=O) groups is 2. The lowest BCUT2D eigenvalue weighted by atomic mass is 10.0. The summed E-state index contributed by atoms with van der Waals surface area (Å²) in [6, 6.07) is 33.6. The van der Waals surface area contributed by atoms with Gasteiger partial charge in [0.1, 0.15) is 0 Å². The Balaban J connectivity index is 1.49. The van der Waals surface area contributed by atoms with Crippen LogP contribution in [0.4, 0.5) is 5.69 Å². The number of anilines is 1. The molecule has 1 amide bonds. The van der Waals surface area contributed by atoms with Crippen LogP contribution < -0.4 is 5.32 Å². The molecule has 0 unspecified atom stereocenters. The summed E-state index contributed by atoms with van der Waals surface area (Å²) < 4.78 is 0. The van der Waals surface area contributed by atoms with Crippen LogP contribution in [-0.4, -0.2) is 11.7 Å². The molecule has 0 aliphatic carbocycles. The van der Waals surface area contributed by atoms with E-state index in [-0.39, 0.29) is 11.7 Å². The maximum atomic E-state index is 12.6. The molecule has 0 aliphatic heterocycles. The van der Waals surface area contributed by atoms with E-state index in [4.69, 9.17) is 0 Å². The van der Waals surface area contributed by atoms with Crippen molar-refractivity contribution >= 4 is 17.4 Å². The molecule has 4 aromatic carbocycles. The fourth-order valence-electron chi connectivity index (χ4n) is 3.14. The minimum Gasteiger partial charge on any atom is -0.322 e. The van der Waals surface area contributed by atoms with Gasteiger partial charge in [-0.25, -0.2) is 0 Å². The molecule has 4 aromatic rings. The Morgan fingerprint density at radius 1 is 0.517 bits per heavy atom. The summed E-state index contributed by atoms with van der Waals surface area (Å²) in [5.74, 6) is -0.289. The first-order valence-electron chi connectivity index (χ1n) is 9.37. The van der Waals surface area contributed by atoms with Crippen molar-refractivity contribution in [2.45, 2.75) is 0 Å². The lowest BCUT2D eigenvalue weighted by Gasteiger charge is -2.08. The van der Waals surface area contributed by atoms with Crippen molar-refractivity contribution in [3.05, 3.63) is 126 Å². The number of rotatable bonds is 5. The van der Waals surface area contributed by atoms with E-state index in [0.717, 1.165) is 11.1 Å². The average Bonchev–Trinajstić information content (AvgIpc) is 2.80. The molecule has 1 N–H and O–H groups in total. The van der Waals surface area contributed by atoms with Crippen LogP contribution >= 0.6 is 0 Å². The Labute approximate surface area is 169 Å². The van der Waals surface area contributed by atoms with E-state index < -0.39 is 0 Å². The Bertz CT molecular complexity index is 1130. The fourth-order valence-corrected chi connectivity index (χ4v) is 3.14. The quantitative estimate of drug-likeness (QED) is 0.444. The summed E-state index contributed by atoms with van der Waals surface area (Å²) in [4.78, 5) is 25.2. The Hall–Kier alpha value is -3.98. The standard InChI is InChI=1S/C26H19NO2/c28-25(21-10-5-2-6-11-21)23-12-7-13-24(18-23)27-26(29)22-16-14-20(15-17-22)19-8-3-1-4-9-19/h1-18H,(H,27,29). The smallest absolute Gasteiger partial charge is 0.255 e. The van der Waals surface area contributed by atoms with Crippen molar-refractivity contribution in [1.82, 2.24) is 0 Å². The van der Waals surface area contributed by atoms with Crippen LogP contribution in [0.15, 0.2) is 109 Å². The van der Waals surface area contributed by atoms with Crippen molar-refractivity contribution in [2.24, 2.45) is 0 Å². The molecule has 0 aromatic heterocycles. The molecule has 0 saturated heterocycles. The van der Waals surface area contributed by atoms with Gasteiger partial charge in [0, 0.05) is 22.4 Å². The first-order valence-corrected chi connectivity index (χ1v) is 9.37. The Kier molecular flexibility index (Phi) is 5.30. The summed E-state index contributed by atoms with van der Waals surface area (Å²) in [7, 11) is 0. The highest BCUT2D eigenvalue weighted by molar-refractivity contribution is 6.10. The van der Waals surface area contributed by atoms with Crippen LogP contribution in [-0.2, 0) is 0 Å². The predicted octanol–water partition coefficient (Wildman–Crippen LogP) is 5.84. The van der Waals surface area contributed by atoms with E-state index >= 15 is 0 Å². The second kappa shape index (κ2) is 8.36. The van der Waals surface area contributed by atoms with E-state index in [9.17, 15) is 9.59 Å². The molecule has 0 aliphatic rings. The van der Waals surface area contributed by atoms with Crippen molar-refractivity contribution in [1.29, 1.82) is 0 Å². The number of hydrogen-bond donors (Lipinski definition) is 1. The molecule has 0 heterocycles. The lowest BCUT2D eigenvalue weighted by Crippen LogP contribution is -2.12. The third kappa shape index (κ3) is 4.30. The van der Waals surface area contributed by atoms with Crippen LogP contribution in [0.1, 0.15) is 26.3 Å². The molecule has 0 radical (unpaired) electrons. The minimum absolute atomic E-state index is 0.0751. The zero-order chi connectivity index (χ0) is 20.1. The first kappa shape index (κ1) is 18.4. The van der Waals surface area contributed by atoms with Crippen LogP contribution in [0.2, 0.25) is 0 Å². The van der Waals surface area contributed by atoms with Crippen LogP contribution in [0, 0.1) is 0 Å². The number of benzene rings is 4. The van der Waals surface area contributed by atoms with Crippen LogP contribution in [0.5, 0.6) is 0 Å². The zero-order valence-corrected chi connectivity index (χ0v) is 15.7. The molecule has 0 saturated carbocycles. The number of ketones is 1. The van der Waals surface area contributed by atoms with Gasteiger partial charge in [0.25, 0.3) is 5.91 Å². The third-order valence-corrected chi connectivity index (χ3v) is 4.67. The van der Waals surface area contributed by atoms with Gasteiger partial charge in [-0.1, -0.05) is 84.9 Å². The molecule has 0 atom stereocenters. The van der Waals surface area contributed by atoms with E-state index in [1.807, 2.05) is 60.7 Å². The molecule has 140 valence electrons. The van der Waals surface area contributed by atoms with Crippen molar-refractivity contribution in [2.75, 3.05) is 5.32 Å². The van der Waals surface area contributed by atoms with Crippen molar-refractivity contribution in [3.8, 4) is 11.1 Å². The number of amides is 1. The molecule has 0 spiro atoms. The third-order valence-electron chi connectivity index (χ3n) is 4.67. The van der Waals surface area contributed by atoms with Crippen molar-refractivity contribution in [3.63, 3.8) is 0 Å². The molecule has 4 rings (SSSR count). The molecule has 29 heavy (non-hydrogen) atoms. The number of carbonyl (C=O) groups excluding carboxylic acids is 2. The summed E-state index contributed by atoms with van der Waals surface area (Å²) in [6.07, 6.45) is 0. The highest BCUT2D eigenvalue weighted by atomic mass is 16.1. The largest absolute Gasteiger partial charge is 0.322 e. The van der Waals surface area contributed by atoms with Crippen LogP contribution in [0.3, 0.4) is 0 Å². The van der Waals surface area contributed by atoms with E-state index in [1.165, 1.54) is 0 Å². The average molecular weight is 377 g/mol. The SMILES string of the molecule is O=C(Nc1cccc(C(=O)c2ccccc2)c1)c1ccc(-c2ccccc2)cc1. The highest BCUT2D eigenvalue weighted by Gasteiger charge is 2.11.